The van der Waals surface area contributed by atoms with Gasteiger partial charge in [-0.15, -0.1) is 0 Å². The summed E-state index contributed by atoms with van der Waals surface area (Å²) in [7, 11) is 0. The summed E-state index contributed by atoms with van der Waals surface area (Å²) in [5, 5.41) is 4.60. The highest BCUT2D eigenvalue weighted by atomic mass is 16.5. The highest BCUT2D eigenvalue weighted by Gasteiger charge is 2.28. The molecule has 7 heteroatoms. The second-order valence-electron chi connectivity index (χ2n) is 7.67. The standard InChI is InChI=1S/C19H28N4O3/c24-18-7-6-17(15-4-5-15)20-23(18)13-16-3-1-8-21(16)10-11-22-9-2-12-26-14-19(22)25/h6-7,15-16H,1-5,8-14H2. The number of rotatable bonds is 6. The van der Waals surface area contributed by atoms with Gasteiger partial charge in [-0.2, -0.15) is 5.10 Å². The minimum Gasteiger partial charge on any atom is -0.372 e. The van der Waals surface area contributed by atoms with Crippen molar-refractivity contribution in [2.75, 3.05) is 39.4 Å². The lowest BCUT2D eigenvalue weighted by atomic mass is 10.2. The minimum atomic E-state index is -0.0129. The summed E-state index contributed by atoms with van der Waals surface area (Å²) < 4.78 is 6.96. The van der Waals surface area contributed by atoms with Crippen molar-refractivity contribution in [3.63, 3.8) is 0 Å². The van der Waals surface area contributed by atoms with Crippen molar-refractivity contribution >= 4 is 5.91 Å². The molecule has 1 amide bonds. The lowest BCUT2D eigenvalue weighted by molar-refractivity contribution is -0.134. The van der Waals surface area contributed by atoms with Gasteiger partial charge >= 0.3 is 0 Å². The zero-order valence-corrected chi connectivity index (χ0v) is 15.3. The van der Waals surface area contributed by atoms with Gasteiger partial charge in [0.2, 0.25) is 5.91 Å². The molecule has 0 bridgehead atoms. The summed E-state index contributed by atoms with van der Waals surface area (Å²) in [4.78, 5) is 28.6. The molecule has 3 fully saturated rings. The van der Waals surface area contributed by atoms with Crippen LogP contribution in [0.5, 0.6) is 0 Å². The van der Waals surface area contributed by atoms with Crippen LogP contribution in [-0.4, -0.2) is 70.9 Å². The van der Waals surface area contributed by atoms with E-state index in [0.29, 0.717) is 25.1 Å². The number of nitrogens with zero attached hydrogens (tertiary/aromatic N) is 4. The first kappa shape index (κ1) is 17.7. The van der Waals surface area contributed by atoms with Crippen LogP contribution < -0.4 is 5.56 Å². The van der Waals surface area contributed by atoms with Gasteiger partial charge in [-0.25, -0.2) is 4.68 Å². The molecule has 1 aromatic heterocycles. The van der Waals surface area contributed by atoms with Crippen molar-refractivity contribution in [2.24, 2.45) is 0 Å². The van der Waals surface area contributed by atoms with E-state index in [1.54, 1.807) is 10.7 Å². The Morgan fingerprint density at radius 2 is 1.96 bits per heavy atom. The number of ether oxygens (including phenoxy) is 1. The molecular weight excluding hydrogens is 332 g/mol. The summed E-state index contributed by atoms with van der Waals surface area (Å²) in [6.45, 7) is 4.92. The largest absolute Gasteiger partial charge is 0.372 e. The van der Waals surface area contributed by atoms with E-state index in [1.165, 1.54) is 12.8 Å². The monoisotopic (exact) mass is 360 g/mol. The number of likely N-dealkylation sites (tertiary alicyclic amines) is 1. The highest BCUT2D eigenvalue weighted by Crippen LogP contribution is 2.38. The van der Waals surface area contributed by atoms with Crippen molar-refractivity contribution in [3.8, 4) is 0 Å². The van der Waals surface area contributed by atoms with E-state index in [0.717, 1.165) is 51.1 Å². The van der Waals surface area contributed by atoms with Gasteiger partial charge in [0.1, 0.15) is 6.61 Å². The molecule has 1 aromatic rings. The van der Waals surface area contributed by atoms with Crippen molar-refractivity contribution in [1.82, 2.24) is 19.6 Å². The van der Waals surface area contributed by atoms with Gasteiger partial charge in [0.15, 0.2) is 0 Å². The Kier molecular flexibility index (Phi) is 5.36. The van der Waals surface area contributed by atoms with Gasteiger partial charge in [0, 0.05) is 44.3 Å². The quantitative estimate of drug-likeness (QED) is 0.752. The molecule has 1 atom stereocenters. The fourth-order valence-electron chi connectivity index (χ4n) is 4.01. The molecule has 26 heavy (non-hydrogen) atoms. The van der Waals surface area contributed by atoms with E-state index in [-0.39, 0.29) is 18.1 Å². The third kappa shape index (κ3) is 4.15. The van der Waals surface area contributed by atoms with Gasteiger partial charge in [-0.1, -0.05) is 0 Å². The van der Waals surface area contributed by atoms with Crippen LogP contribution in [0.2, 0.25) is 0 Å². The van der Waals surface area contributed by atoms with Crippen molar-refractivity contribution in [3.05, 3.63) is 28.2 Å². The Bertz CT molecular complexity index is 700. The molecule has 1 unspecified atom stereocenters. The van der Waals surface area contributed by atoms with Crippen LogP contribution in [0, 0.1) is 0 Å². The average Bonchev–Trinajstić information content (AvgIpc) is 3.42. The maximum atomic E-state index is 12.2. The van der Waals surface area contributed by atoms with E-state index in [9.17, 15) is 9.59 Å². The van der Waals surface area contributed by atoms with Gasteiger partial charge in [0.25, 0.3) is 5.56 Å². The molecule has 3 heterocycles. The van der Waals surface area contributed by atoms with Crippen molar-refractivity contribution in [1.29, 1.82) is 0 Å². The lowest BCUT2D eigenvalue weighted by Crippen LogP contribution is -2.43. The van der Waals surface area contributed by atoms with Crippen LogP contribution >= 0.6 is 0 Å². The van der Waals surface area contributed by atoms with Gasteiger partial charge in [-0.3, -0.25) is 14.5 Å². The number of hydrogen-bond acceptors (Lipinski definition) is 5. The first-order valence-electron chi connectivity index (χ1n) is 9.88. The zero-order valence-electron chi connectivity index (χ0n) is 15.3. The first-order valence-corrected chi connectivity index (χ1v) is 9.88. The lowest BCUT2D eigenvalue weighted by Gasteiger charge is -2.28. The van der Waals surface area contributed by atoms with Crippen molar-refractivity contribution < 1.29 is 9.53 Å². The zero-order chi connectivity index (χ0) is 17.9. The summed E-state index contributed by atoms with van der Waals surface area (Å²) in [5.74, 6) is 0.645. The molecule has 0 spiro atoms. The number of carbonyl (C=O) groups excluding carboxylic acids is 1. The third-order valence-electron chi connectivity index (χ3n) is 5.72. The minimum absolute atomic E-state index is 0.0129. The molecule has 1 saturated carbocycles. The summed E-state index contributed by atoms with van der Waals surface area (Å²) in [6, 6.07) is 3.87. The van der Waals surface area contributed by atoms with E-state index >= 15 is 0 Å². The fraction of sp³-hybridized carbons (Fsp3) is 0.737. The van der Waals surface area contributed by atoms with Gasteiger partial charge in [-0.05, 0) is 44.7 Å². The fourth-order valence-corrected chi connectivity index (χ4v) is 4.01. The molecule has 0 aromatic carbocycles. The number of hydrogen-bond donors (Lipinski definition) is 0. The van der Waals surface area contributed by atoms with Crippen LogP contribution in [0.4, 0.5) is 0 Å². The van der Waals surface area contributed by atoms with E-state index in [2.05, 4.69) is 10.00 Å². The Balaban J connectivity index is 1.37. The number of amides is 1. The molecule has 0 radical (unpaired) electrons. The molecule has 3 aliphatic rings. The van der Waals surface area contributed by atoms with Crippen LogP contribution in [0.3, 0.4) is 0 Å². The van der Waals surface area contributed by atoms with E-state index in [1.807, 2.05) is 11.0 Å². The first-order chi connectivity index (χ1) is 12.7. The van der Waals surface area contributed by atoms with Crippen LogP contribution in [0.1, 0.15) is 43.7 Å². The summed E-state index contributed by atoms with van der Waals surface area (Å²) in [6.07, 6.45) is 5.50. The SMILES string of the molecule is O=C1COCCCN1CCN1CCCC1Cn1nc(C2CC2)ccc1=O. The van der Waals surface area contributed by atoms with Gasteiger partial charge in [0.05, 0.1) is 12.2 Å². The van der Waals surface area contributed by atoms with Crippen LogP contribution in [0.25, 0.3) is 0 Å². The molecule has 1 aliphatic carbocycles. The van der Waals surface area contributed by atoms with Crippen LogP contribution in [0.15, 0.2) is 16.9 Å². The Morgan fingerprint density at radius 3 is 2.81 bits per heavy atom. The smallest absolute Gasteiger partial charge is 0.266 e. The summed E-state index contributed by atoms with van der Waals surface area (Å²) in [5.41, 5.74) is 1.05. The Hall–Kier alpha value is -1.73. The topological polar surface area (TPSA) is 67.7 Å². The van der Waals surface area contributed by atoms with E-state index in [4.69, 9.17) is 4.74 Å². The molecule has 2 saturated heterocycles. The van der Waals surface area contributed by atoms with Gasteiger partial charge < -0.3 is 9.64 Å². The second kappa shape index (κ2) is 7.88. The molecule has 7 nitrogen and oxygen atoms in total. The molecule has 4 rings (SSSR count). The predicted molar refractivity (Wildman–Crippen MR) is 97.1 cm³/mol. The normalized spacial score (nSPS) is 24.8. The maximum Gasteiger partial charge on any atom is 0.266 e. The second-order valence-corrected chi connectivity index (χ2v) is 7.67. The Morgan fingerprint density at radius 1 is 1.08 bits per heavy atom. The average molecular weight is 360 g/mol. The maximum absolute atomic E-state index is 12.2. The molecular formula is C19H28N4O3. The molecule has 2 aliphatic heterocycles. The number of aromatic nitrogens is 2. The van der Waals surface area contributed by atoms with Crippen molar-refractivity contribution in [2.45, 2.75) is 50.6 Å². The summed E-state index contributed by atoms with van der Waals surface area (Å²) >= 11 is 0. The molecule has 0 N–H and O–H groups in total. The van der Waals surface area contributed by atoms with E-state index < -0.39 is 0 Å². The van der Waals surface area contributed by atoms with Crippen LogP contribution in [-0.2, 0) is 16.1 Å². The Labute approximate surface area is 153 Å². The molecule has 142 valence electrons. The number of carbonyl (C=O) groups is 1. The predicted octanol–water partition coefficient (Wildman–Crippen LogP) is 0.834. The highest BCUT2D eigenvalue weighted by molar-refractivity contribution is 5.77. The third-order valence-corrected chi connectivity index (χ3v) is 5.72.